The van der Waals surface area contributed by atoms with Crippen molar-refractivity contribution in [1.82, 2.24) is 10.3 Å². The highest BCUT2D eigenvalue weighted by molar-refractivity contribution is 6.31. The van der Waals surface area contributed by atoms with E-state index in [9.17, 15) is 19.1 Å². The fourth-order valence-electron chi connectivity index (χ4n) is 5.17. The molecule has 2 fully saturated rings. The standard InChI is InChI=1S/C32H34ClFN2O5/c1-19(37)36-32(12-4-13-32)22-17-26(20-5-9-25(34)24(33)15-20)35-30(18-22)31(2,39)14-11-27(38)21-6-10-28(29(16-21)40-3)41-23-7-8-23/h5-6,9-10,15-18,23,39H,4,7-8,11-14H2,1-3H3,(H,36,37). The zero-order valence-corrected chi connectivity index (χ0v) is 24.2. The molecule has 2 aliphatic rings. The molecule has 1 heterocycles. The molecule has 0 aliphatic heterocycles. The summed E-state index contributed by atoms with van der Waals surface area (Å²) in [7, 11) is 1.54. The first-order valence-electron chi connectivity index (χ1n) is 13.9. The summed E-state index contributed by atoms with van der Waals surface area (Å²) in [6.07, 6.45) is 4.79. The molecule has 0 saturated heterocycles. The number of carbonyl (C=O) groups is 2. The van der Waals surface area contributed by atoms with Crippen LogP contribution in [0.1, 0.15) is 80.4 Å². The zero-order chi connectivity index (χ0) is 29.4. The molecule has 2 aromatic carbocycles. The second-order valence-corrected chi connectivity index (χ2v) is 11.7. The smallest absolute Gasteiger partial charge is 0.217 e. The third-order valence-electron chi connectivity index (χ3n) is 7.91. The van der Waals surface area contributed by atoms with Crippen LogP contribution in [0.25, 0.3) is 11.3 Å². The van der Waals surface area contributed by atoms with Crippen molar-refractivity contribution < 1.29 is 28.6 Å². The summed E-state index contributed by atoms with van der Waals surface area (Å²) in [5, 5.41) is 14.7. The van der Waals surface area contributed by atoms with Gasteiger partial charge in [0.15, 0.2) is 17.3 Å². The van der Waals surface area contributed by atoms with Gasteiger partial charge < -0.3 is 19.9 Å². The van der Waals surface area contributed by atoms with E-state index in [0.717, 1.165) is 37.7 Å². The van der Waals surface area contributed by atoms with E-state index in [1.165, 1.54) is 26.2 Å². The highest BCUT2D eigenvalue weighted by atomic mass is 35.5. The lowest BCUT2D eigenvalue weighted by Gasteiger charge is -2.43. The third kappa shape index (κ3) is 6.39. The molecule has 0 bridgehead atoms. The Morgan fingerprint density at radius 1 is 1.15 bits per heavy atom. The molecule has 1 unspecified atom stereocenters. The van der Waals surface area contributed by atoms with E-state index in [1.807, 2.05) is 6.07 Å². The first-order chi connectivity index (χ1) is 19.5. The maximum atomic E-state index is 13.9. The minimum atomic E-state index is -1.48. The Balaban J connectivity index is 1.43. The van der Waals surface area contributed by atoms with Crippen LogP contribution in [0.15, 0.2) is 48.5 Å². The topological polar surface area (TPSA) is 97.8 Å². The molecule has 2 N–H and O–H groups in total. The van der Waals surface area contributed by atoms with Gasteiger partial charge >= 0.3 is 0 Å². The minimum absolute atomic E-state index is 0.0437. The number of ketones is 1. The lowest BCUT2D eigenvalue weighted by molar-refractivity contribution is -0.122. The van der Waals surface area contributed by atoms with Crippen LogP contribution in [-0.2, 0) is 15.9 Å². The summed E-state index contributed by atoms with van der Waals surface area (Å²) < 4.78 is 25.2. The molecular weight excluding hydrogens is 547 g/mol. The molecule has 1 aromatic heterocycles. The van der Waals surface area contributed by atoms with Crippen LogP contribution in [-0.4, -0.2) is 35.0 Å². The van der Waals surface area contributed by atoms with Crippen LogP contribution in [0.2, 0.25) is 5.02 Å². The van der Waals surface area contributed by atoms with Crippen molar-refractivity contribution in [3.8, 4) is 22.8 Å². The lowest BCUT2D eigenvalue weighted by atomic mass is 9.71. The summed E-state index contributed by atoms with van der Waals surface area (Å²) in [4.78, 5) is 30.0. The molecular formula is C32H34ClFN2O5. The maximum absolute atomic E-state index is 13.9. The molecule has 1 amide bonds. The van der Waals surface area contributed by atoms with Crippen LogP contribution in [0.3, 0.4) is 0 Å². The van der Waals surface area contributed by atoms with E-state index in [1.54, 1.807) is 37.3 Å². The monoisotopic (exact) mass is 580 g/mol. The highest BCUT2D eigenvalue weighted by Crippen LogP contribution is 2.44. The summed E-state index contributed by atoms with van der Waals surface area (Å²) >= 11 is 6.07. The Kier molecular flexibility index (Phi) is 8.08. The van der Waals surface area contributed by atoms with Gasteiger partial charge in [0, 0.05) is 24.5 Å². The molecule has 2 saturated carbocycles. The average Bonchev–Trinajstić information content (AvgIpc) is 3.75. The minimum Gasteiger partial charge on any atom is -0.493 e. The summed E-state index contributed by atoms with van der Waals surface area (Å²) in [6.45, 7) is 3.09. The number of aromatic nitrogens is 1. The molecule has 2 aliphatic carbocycles. The number of Topliss-reactive ketones (excluding diaryl/α,β-unsaturated/α-hetero) is 1. The van der Waals surface area contributed by atoms with Crippen LogP contribution >= 0.6 is 11.6 Å². The number of hydrogen-bond acceptors (Lipinski definition) is 6. The van der Waals surface area contributed by atoms with E-state index in [2.05, 4.69) is 5.32 Å². The Bertz CT molecular complexity index is 1480. The van der Waals surface area contributed by atoms with Gasteiger partial charge in [0.25, 0.3) is 0 Å². The number of rotatable bonds is 11. The highest BCUT2D eigenvalue weighted by Gasteiger charge is 2.41. The fraction of sp³-hybridized carbons (Fsp3) is 0.406. The Morgan fingerprint density at radius 3 is 2.51 bits per heavy atom. The Morgan fingerprint density at radius 2 is 1.90 bits per heavy atom. The largest absolute Gasteiger partial charge is 0.493 e. The Labute approximate surface area is 244 Å². The SMILES string of the molecule is COc1cc(C(=O)CCC(C)(O)c2cc(C3(NC(C)=O)CCC3)cc(-c3ccc(F)c(Cl)c3)n2)ccc1OC1CC1. The van der Waals surface area contributed by atoms with E-state index in [0.29, 0.717) is 34.0 Å². The molecule has 0 spiro atoms. The summed E-state index contributed by atoms with van der Waals surface area (Å²) in [5.41, 5.74) is 0.591. The van der Waals surface area contributed by atoms with E-state index in [4.69, 9.17) is 26.1 Å². The average molecular weight is 581 g/mol. The van der Waals surface area contributed by atoms with Crippen molar-refractivity contribution >= 4 is 23.3 Å². The Hall–Kier alpha value is -3.49. The van der Waals surface area contributed by atoms with Gasteiger partial charge in [-0.15, -0.1) is 0 Å². The van der Waals surface area contributed by atoms with E-state index in [-0.39, 0.29) is 35.7 Å². The zero-order valence-electron chi connectivity index (χ0n) is 23.4. The van der Waals surface area contributed by atoms with Gasteiger partial charge in [-0.3, -0.25) is 9.59 Å². The van der Waals surface area contributed by atoms with Crippen molar-refractivity contribution in [1.29, 1.82) is 0 Å². The van der Waals surface area contributed by atoms with E-state index < -0.39 is 17.0 Å². The molecule has 7 nitrogen and oxygen atoms in total. The first-order valence-corrected chi connectivity index (χ1v) is 14.2. The van der Waals surface area contributed by atoms with Gasteiger partial charge in [-0.25, -0.2) is 9.37 Å². The molecule has 5 rings (SSSR count). The number of nitrogens with one attached hydrogen (secondary N) is 1. The molecule has 9 heteroatoms. The van der Waals surface area contributed by atoms with Crippen LogP contribution in [0.5, 0.6) is 11.5 Å². The number of ether oxygens (including phenoxy) is 2. The van der Waals surface area contributed by atoms with Gasteiger partial charge in [0.05, 0.1) is 35.2 Å². The maximum Gasteiger partial charge on any atom is 0.217 e. The molecule has 216 valence electrons. The summed E-state index contributed by atoms with van der Waals surface area (Å²) in [5.74, 6) is 0.245. The van der Waals surface area contributed by atoms with Crippen LogP contribution < -0.4 is 14.8 Å². The second kappa shape index (κ2) is 11.4. The number of nitrogens with zero attached hydrogens (tertiary/aromatic N) is 1. The van der Waals surface area contributed by atoms with Gasteiger partial charge in [-0.1, -0.05) is 11.6 Å². The number of pyridine rings is 1. The van der Waals surface area contributed by atoms with Gasteiger partial charge in [0.2, 0.25) is 5.91 Å². The van der Waals surface area contributed by atoms with Crippen molar-refractivity contribution in [3.63, 3.8) is 0 Å². The number of benzene rings is 2. The van der Waals surface area contributed by atoms with E-state index >= 15 is 0 Å². The molecule has 3 aromatic rings. The van der Waals surface area contributed by atoms with Crippen molar-refractivity contribution in [3.05, 3.63) is 76.2 Å². The fourth-order valence-corrected chi connectivity index (χ4v) is 5.35. The second-order valence-electron chi connectivity index (χ2n) is 11.3. The van der Waals surface area contributed by atoms with Crippen molar-refractivity contribution in [2.45, 2.75) is 76.0 Å². The lowest BCUT2D eigenvalue weighted by Crippen LogP contribution is -2.50. The van der Waals surface area contributed by atoms with Crippen molar-refractivity contribution in [2.24, 2.45) is 0 Å². The predicted molar refractivity (Wildman–Crippen MR) is 154 cm³/mol. The number of aliphatic hydroxyl groups is 1. The quantitative estimate of drug-likeness (QED) is 0.252. The van der Waals surface area contributed by atoms with Gasteiger partial charge in [-0.05, 0) is 99.5 Å². The molecule has 1 atom stereocenters. The number of halogens is 2. The number of hydrogen-bond donors (Lipinski definition) is 2. The van der Waals surface area contributed by atoms with Crippen molar-refractivity contribution in [2.75, 3.05) is 7.11 Å². The number of carbonyl (C=O) groups excluding carboxylic acids is 2. The van der Waals surface area contributed by atoms with Gasteiger partial charge in [-0.2, -0.15) is 0 Å². The van der Waals surface area contributed by atoms with Gasteiger partial charge in [0.1, 0.15) is 11.4 Å². The van der Waals surface area contributed by atoms with Crippen LogP contribution in [0, 0.1) is 5.82 Å². The first kappa shape index (κ1) is 29.0. The normalized spacial score (nSPS) is 17.2. The predicted octanol–water partition coefficient (Wildman–Crippen LogP) is 6.48. The molecule has 0 radical (unpaired) electrons. The molecule has 41 heavy (non-hydrogen) atoms. The van der Waals surface area contributed by atoms with Crippen LogP contribution in [0.4, 0.5) is 4.39 Å². The number of amides is 1. The number of methoxy groups -OCH3 is 1. The third-order valence-corrected chi connectivity index (χ3v) is 8.20. The summed E-state index contributed by atoms with van der Waals surface area (Å²) in [6, 6.07) is 13.1.